The van der Waals surface area contributed by atoms with Crippen LogP contribution in [0.1, 0.15) is 5.69 Å². The maximum absolute atomic E-state index is 5.98. The third kappa shape index (κ3) is 1.90. The molecule has 0 aliphatic heterocycles. The molecule has 2 heterocycles. The van der Waals surface area contributed by atoms with E-state index >= 15 is 0 Å². The van der Waals surface area contributed by atoms with E-state index in [9.17, 15) is 0 Å². The third-order valence-corrected chi connectivity index (χ3v) is 3.13. The normalized spacial score (nSPS) is 10.4. The predicted octanol–water partition coefficient (Wildman–Crippen LogP) is 3.60. The zero-order valence-corrected chi connectivity index (χ0v) is 9.40. The van der Waals surface area contributed by atoms with E-state index < -0.39 is 0 Å². The number of aromatic nitrogens is 2. The van der Waals surface area contributed by atoms with E-state index in [1.54, 1.807) is 18.3 Å². The molecule has 2 nitrogen and oxygen atoms in total. The second-order valence-corrected chi connectivity index (χ2v) is 4.14. The van der Waals surface area contributed by atoms with E-state index in [0.29, 0.717) is 10.9 Å². The number of pyridine rings is 1. The molecule has 2 aromatic heterocycles. The number of halogens is 2. The molecule has 0 saturated heterocycles. The molecule has 2 aromatic rings. The molecule has 2 rings (SSSR count). The van der Waals surface area contributed by atoms with Gasteiger partial charge < -0.3 is 0 Å². The average Bonchev–Trinajstić information content (AvgIpc) is 2.67. The van der Waals surface area contributed by atoms with Crippen LogP contribution >= 0.6 is 34.5 Å². The summed E-state index contributed by atoms with van der Waals surface area (Å²) in [6, 6.07) is 3.59. The van der Waals surface area contributed by atoms with Crippen molar-refractivity contribution in [2.45, 2.75) is 5.88 Å². The number of nitrogens with zero attached hydrogens (tertiary/aromatic N) is 2. The van der Waals surface area contributed by atoms with Crippen molar-refractivity contribution in [3.05, 3.63) is 34.4 Å². The number of thiazole rings is 1. The second kappa shape index (κ2) is 4.26. The average molecular weight is 245 g/mol. The van der Waals surface area contributed by atoms with E-state index in [1.165, 1.54) is 11.3 Å². The number of alkyl halides is 1. The largest absolute Gasteiger partial charge is 0.252 e. The molecule has 0 fully saturated rings. The van der Waals surface area contributed by atoms with Crippen LogP contribution in [0, 0.1) is 0 Å². The van der Waals surface area contributed by atoms with Crippen LogP contribution in [0.25, 0.3) is 10.7 Å². The van der Waals surface area contributed by atoms with Gasteiger partial charge in [0.2, 0.25) is 0 Å². The quantitative estimate of drug-likeness (QED) is 0.755. The molecule has 0 aliphatic rings. The third-order valence-electron chi connectivity index (χ3n) is 1.65. The van der Waals surface area contributed by atoms with Gasteiger partial charge >= 0.3 is 0 Å². The summed E-state index contributed by atoms with van der Waals surface area (Å²) < 4.78 is 0. The molecule has 0 bridgehead atoms. The molecular weight excluding hydrogens is 239 g/mol. The lowest BCUT2D eigenvalue weighted by molar-refractivity contribution is 1.21. The number of rotatable bonds is 2. The minimum atomic E-state index is 0.418. The molecule has 14 heavy (non-hydrogen) atoms. The molecule has 72 valence electrons. The summed E-state index contributed by atoms with van der Waals surface area (Å²) in [5.74, 6) is 0.418. The first-order chi connectivity index (χ1) is 6.81. The Bertz CT molecular complexity index is 442. The fraction of sp³-hybridized carbons (Fsp3) is 0.111. The van der Waals surface area contributed by atoms with Gasteiger partial charge in [-0.3, -0.25) is 4.98 Å². The monoisotopic (exact) mass is 244 g/mol. The lowest BCUT2D eigenvalue weighted by Crippen LogP contribution is -1.84. The number of hydrogen-bond acceptors (Lipinski definition) is 3. The standard InChI is InChI=1S/C9H6Cl2N2S/c10-4-6-5-14-9(13-6)8-7(11)2-1-3-12-8/h1-3,5H,4H2. The Kier molecular flexibility index (Phi) is 3.01. The fourth-order valence-electron chi connectivity index (χ4n) is 1.02. The van der Waals surface area contributed by atoms with Crippen LogP contribution in [0.2, 0.25) is 5.02 Å². The van der Waals surface area contributed by atoms with Crippen molar-refractivity contribution in [2.24, 2.45) is 0 Å². The maximum atomic E-state index is 5.98. The lowest BCUT2D eigenvalue weighted by atomic mass is 10.3. The Labute approximate surface area is 95.5 Å². The fourth-order valence-corrected chi connectivity index (χ4v) is 2.34. The highest BCUT2D eigenvalue weighted by molar-refractivity contribution is 7.13. The van der Waals surface area contributed by atoms with Crippen LogP contribution in [-0.2, 0) is 5.88 Å². The SMILES string of the molecule is ClCc1csc(-c2ncccc2Cl)n1. The summed E-state index contributed by atoms with van der Waals surface area (Å²) in [5.41, 5.74) is 1.57. The Morgan fingerprint density at radius 2 is 2.29 bits per heavy atom. The molecule has 0 spiro atoms. The first-order valence-electron chi connectivity index (χ1n) is 3.92. The van der Waals surface area contributed by atoms with Gasteiger partial charge in [0.25, 0.3) is 0 Å². The van der Waals surface area contributed by atoms with E-state index in [-0.39, 0.29) is 0 Å². The Balaban J connectivity index is 2.44. The topological polar surface area (TPSA) is 25.8 Å². The van der Waals surface area contributed by atoms with E-state index in [4.69, 9.17) is 23.2 Å². The Hall–Kier alpha value is -0.640. The van der Waals surface area contributed by atoms with Gasteiger partial charge in [0.15, 0.2) is 0 Å². The summed E-state index contributed by atoms with van der Waals surface area (Å²) >= 11 is 13.1. The van der Waals surface area contributed by atoms with Gasteiger partial charge in [-0.25, -0.2) is 4.98 Å². The smallest absolute Gasteiger partial charge is 0.143 e. The predicted molar refractivity (Wildman–Crippen MR) is 59.9 cm³/mol. The van der Waals surface area contributed by atoms with Gasteiger partial charge in [-0.05, 0) is 12.1 Å². The molecule has 0 N–H and O–H groups in total. The zero-order chi connectivity index (χ0) is 9.97. The summed E-state index contributed by atoms with van der Waals surface area (Å²) in [4.78, 5) is 8.47. The van der Waals surface area contributed by atoms with E-state index in [0.717, 1.165) is 16.4 Å². The highest BCUT2D eigenvalue weighted by Gasteiger charge is 2.08. The van der Waals surface area contributed by atoms with Crippen molar-refractivity contribution in [3.63, 3.8) is 0 Å². The Morgan fingerprint density at radius 3 is 2.93 bits per heavy atom. The minimum Gasteiger partial charge on any atom is -0.252 e. The van der Waals surface area contributed by atoms with E-state index in [2.05, 4.69) is 9.97 Å². The van der Waals surface area contributed by atoms with Crippen LogP contribution in [0.5, 0.6) is 0 Å². The first kappa shape index (κ1) is 9.90. The highest BCUT2D eigenvalue weighted by Crippen LogP contribution is 2.28. The molecule has 0 unspecified atom stereocenters. The summed E-state index contributed by atoms with van der Waals surface area (Å²) in [5, 5.41) is 3.34. The van der Waals surface area contributed by atoms with Crippen LogP contribution in [0.4, 0.5) is 0 Å². The van der Waals surface area contributed by atoms with Gasteiger partial charge in [-0.15, -0.1) is 22.9 Å². The van der Waals surface area contributed by atoms with Crippen LogP contribution in [0.15, 0.2) is 23.7 Å². The van der Waals surface area contributed by atoms with Gasteiger partial charge in [-0.1, -0.05) is 11.6 Å². The van der Waals surface area contributed by atoms with E-state index in [1.807, 2.05) is 5.38 Å². The molecule has 0 atom stereocenters. The van der Waals surface area contributed by atoms with Gasteiger partial charge in [0.05, 0.1) is 16.6 Å². The second-order valence-electron chi connectivity index (χ2n) is 2.61. The maximum Gasteiger partial charge on any atom is 0.143 e. The van der Waals surface area contributed by atoms with Crippen molar-refractivity contribution in [1.82, 2.24) is 9.97 Å². The van der Waals surface area contributed by atoms with Gasteiger partial charge in [0, 0.05) is 11.6 Å². The van der Waals surface area contributed by atoms with Crippen molar-refractivity contribution < 1.29 is 0 Å². The summed E-state index contributed by atoms with van der Waals surface area (Å²) in [6.45, 7) is 0. The molecule has 0 radical (unpaired) electrons. The summed E-state index contributed by atoms with van der Waals surface area (Å²) in [7, 11) is 0. The first-order valence-corrected chi connectivity index (χ1v) is 5.71. The van der Waals surface area contributed by atoms with Crippen molar-refractivity contribution in [1.29, 1.82) is 0 Å². The van der Waals surface area contributed by atoms with Gasteiger partial charge in [-0.2, -0.15) is 0 Å². The highest BCUT2D eigenvalue weighted by atomic mass is 35.5. The van der Waals surface area contributed by atoms with Crippen molar-refractivity contribution in [3.8, 4) is 10.7 Å². The molecule has 0 aliphatic carbocycles. The van der Waals surface area contributed by atoms with Gasteiger partial charge in [0.1, 0.15) is 10.7 Å². The van der Waals surface area contributed by atoms with Crippen LogP contribution < -0.4 is 0 Å². The van der Waals surface area contributed by atoms with Crippen LogP contribution in [0.3, 0.4) is 0 Å². The Morgan fingerprint density at radius 1 is 1.43 bits per heavy atom. The summed E-state index contributed by atoms with van der Waals surface area (Å²) in [6.07, 6.45) is 1.70. The zero-order valence-electron chi connectivity index (χ0n) is 7.08. The lowest BCUT2D eigenvalue weighted by Gasteiger charge is -1.96. The number of hydrogen-bond donors (Lipinski definition) is 0. The van der Waals surface area contributed by atoms with Crippen molar-refractivity contribution in [2.75, 3.05) is 0 Å². The molecule has 0 aromatic carbocycles. The molecule has 5 heteroatoms. The van der Waals surface area contributed by atoms with Crippen molar-refractivity contribution >= 4 is 34.5 Å². The molecule has 0 amide bonds. The minimum absolute atomic E-state index is 0.418. The van der Waals surface area contributed by atoms with Crippen LogP contribution in [-0.4, -0.2) is 9.97 Å². The molecular formula is C9H6Cl2N2S. The molecule has 0 saturated carbocycles.